The van der Waals surface area contributed by atoms with Crippen LogP contribution in [0.2, 0.25) is 0 Å². The first-order chi connectivity index (χ1) is 7.27. The normalized spacial score (nSPS) is 13.5. The predicted molar refractivity (Wildman–Crippen MR) is 70.0 cm³/mol. The van der Waals surface area contributed by atoms with Gasteiger partial charge < -0.3 is 5.73 Å². The highest BCUT2D eigenvalue weighted by molar-refractivity contribution is 4.83. The average molecular weight is 211 g/mol. The van der Waals surface area contributed by atoms with Crippen LogP contribution in [0.5, 0.6) is 0 Å². The molecule has 0 aliphatic rings. The zero-order chi connectivity index (χ0) is 11.4. The van der Waals surface area contributed by atoms with Crippen molar-refractivity contribution in [2.75, 3.05) is 0 Å². The number of rotatable bonds is 10. The van der Waals surface area contributed by atoms with Crippen molar-refractivity contribution < 1.29 is 0 Å². The Kier molecular flexibility index (Phi) is 11.5. The summed E-state index contributed by atoms with van der Waals surface area (Å²) in [5, 5.41) is 0. The number of hydrogen-bond donors (Lipinski definition) is 1. The lowest BCUT2D eigenvalue weighted by Gasteiger charge is -1.99. The first-order valence-electron chi connectivity index (χ1n) is 6.68. The molecule has 0 aliphatic carbocycles. The topological polar surface area (TPSA) is 26.0 Å². The van der Waals surface area contributed by atoms with Crippen LogP contribution in [0.1, 0.15) is 71.6 Å². The summed E-state index contributed by atoms with van der Waals surface area (Å²) in [4.78, 5) is 0. The molecule has 0 aromatic heterocycles. The Hall–Kier alpha value is -0.300. The van der Waals surface area contributed by atoms with E-state index in [1.807, 2.05) is 0 Å². The molecule has 0 radical (unpaired) electrons. The smallest absolute Gasteiger partial charge is 0.00449 e. The Balaban J connectivity index is 3.01. The van der Waals surface area contributed by atoms with E-state index in [2.05, 4.69) is 26.0 Å². The van der Waals surface area contributed by atoms with E-state index in [9.17, 15) is 0 Å². The van der Waals surface area contributed by atoms with E-state index in [1.165, 1.54) is 51.4 Å². The largest absolute Gasteiger partial charge is 0.328 e. The molecule has 0 saturated heterocycles. The summed E-state index contributed by atoms with van der Waals surface area (Å²) in [7, 11) is 0. The van der Waals surface area contributed by atoms with Gasteiger partial charge in [-0.3, -0.25) is 0 Å². The molecule has 0 bridgehead atoms. The second-order valence-corrected chi connectivity index (χ2v) is 4.59. The quantitative estimate of drug-likeness (QED) is 0.420. The lowest BCUT2D eigenvalue weighted by Crippen LogP contribution is -2.12. The second kappa shape index (κ2) is 11.8. The molecule has 15 heavy (non-hydrogen) atoms. The predicted octanol–water partition coefficient (Wildman–Crippen LogP) is 4.42. The van der Waals surface area contributed by atoms with Crippen molar-refractivity contribution in [2.45, 2.75) is 77.7 Å². The van der Waals surface area contributed by atoms with Gasteiger partial charge in [-0.15, -0.1) is 0 Å². The molecule has 1 unspecified atom stereocenters. The highest BCUT2D eigenvalue weighted by atomic mass is 14.6. The van der Waals surface area contributed by atoms with E-state index in [0.717, 1.165) is 6.42 Å². The molecule has 0 aliphatic heterocycles. The number of unbranched alkanes of at least 4 members (excludes halogenated alkanes) is 7. The van der Waals surface area contributed by atoms with Gasteiger partial charge in [0.2, 0.25) is 0 Å². The van der Waals surface area contributed by atoms with E-state index in [-0.39, 0.29) is 0 Å². The van der Waals surface area contributed by atoms with Crippen LogP contribution in [-0.4, -0.2) is 6.04 Å². The van der Waals surface area contributed by atoms with E-state index < -0.39 is 0 Å². The second-order valence-electron chi connectivity index (χ2n) is 4.59. The van der Waals surface area contributed by atoms with Gasteiger partial charge in [0.1, 0.15) is 0 Å². The fourth-order valence-corrected chi connectivity index (χ4v) is 1.65. The maximum atomic E-state index is 5.65. The maximum absolute atomic E-state index is 5.65. The van der Waals surface area contributed by atoms with Crippen molar-refractivity contribution in [1.82, 2.24) is 0 Å². The van der Waals surface area contributed by atoms with Crippen molar-refractivity contribution in [3.05, 3.63) is 12.2 Å². The fraction of sp³-hybridized carbons (Fsp3) is 0.857. The Labute approximate surface area is 96.1 Å². The Morgan fingerprint density at radius 2 is 1.53 bits per heavy atom. The van der Waals surface area contributed by atoms with Crippen LogP contribution in [0.15, 0.2) is 12.2 Å². The maximum Gasteiger partial charge on any atom is 0.00449 e. The van der Waals surface area contributed by atoms with Crippen LogP contribution in [0.3, 0.4) is 0 Å². The highest BCUT2D eigenvalue weighted by Gasteiger charge is 1.90. The summed E-state index contributed by atoms with van der Waals surface area (Å²) in [6, 6.07) is 0.315. The van der Waals surface area contributed by atoms with Crippen LogP contribution in [0.4, 0.5) is 0 Å². The minimum absolute atomic E-state index is 0.315. The molecule has 0 heterocycles. The summed E-state index contributed by atoms with van der Waals surface area (Å²) in [6.45, 7) is 4.32. The van der Waals surface area contributed by atoms with E-state index >= 15 is 0 Å². The van der Waals surface area contributed by atoms with Crippen molar-refractivity contribution in [3.63, 3.8) is 0 Å². The molecule has 1 nitrogen and oxygen atoms in total. The van der Waals surface area contributed by atoms with Gasteiger partial charge in [0.05, 0.1) is 0 Å². The van der Waals surface area contributed by atoms with Crippen molar-refractivity contribution in [1.29, 1.82) is 0 Å². The molecule has 0 fully saturated rings. The number of allylic oxidation sites excluding steroid dienone is 1. The zero-order valence-electron chi connectivity index (χ0n) is 10.7. The Morgan fingerprint density at radius 3 is 2.13 bits per heavy atom. The molecule has 0 amide bonds. The molecule has 1 atom stereocenters. The van der Waals surface area contributed by atoms with Gasteiger partial charge in [0, 0.05) is 6.04 Å². The summed E-state index contributed by atoms with van der Waals surface area (Å²) in [5.74, 6) is 0. The van der Waals surface area contributed by atoms with E-state index in [0.29, 0.717) is 6.04 Å². The Bertz CT molecular complexity index is 138. The zero-order valence-corrected chi connectivity index (χ0v) is 10.7. The van der Waals surface area contributed by atoms with Gasteiger partial charge in [-0.2, -0.15) is 0 Å². The van der Waals surface area contributed by atoms with E-state index in [1.54, 1.807) is 0 Å². The minimum atomic E-state index is 0.315. The molecule has 90 valence electrons. The fourth-order valence-electron chi connectivity index (χ4n) is 1.65. The lowest BCUT2D eigenvalue weighted by molar-refractivity contribution is 0.592. The van der Waals surface area contributed by atoms with Crippen LogP contribution >= 0.6 is 0 Å². The van der Waals surface area contributed by atoms with Gasteiger partial charge in [0.15, 0.2) is 0 Å². The van der Waals surface area contributed by atoms with Crippen LogP contribution in [0.25, 0.3) is 0 Å². The van der Waals surface area contributed by atoms with Crippen molar-refractivity contribution in [3.8, 4) is 0 Å². The number of nitrogens with two attached hydrogens (primary N) is 1. The lowest BCUT2D eigenvalue weighted by atomic mass is 10.1. The minimum Gasteiger partial charge on any atom is -0.328 e. The van der Waals surface area contributed by atoms with Crippen molar-refractivity contribution >= 4 is 0 Å². The monoisotopic (exact) mass is 211 g/mol. The third-order valence-corrected chi connectivity index (χ3v) is 2.65. The molecule has 0 saturated carbocycles. The molecule has 0 aromatic rings. The number of hydrogen-bond acceptors (Lipinski definition) is 1. The molecule has 2 N–H and O–H groups in total. The SMILES string of the molecule is CCCCCCCCC/C=C/CC(C)N. The molecule has 0 spiro atoms. The standard InChI is InChI=1S/C14H29N/c1-3-4-5-6-7-8-9-10-11-12-13-14(2)15/h11-12,14H,3-10,13,15H2,1-2H3/b12-11+. The first kappa shape index (κ1) is 14.7. The highest BCUT2D eigenvalue weighted by Crippen LogP contribution is 2.08. The molecule has 0 aromatic carbocycles. The van der Waals surface area contributed by atoms with Crippen LogP contribution in [-0.2, 0) is 0 Å². The third kappa shape index (κ3) is 13.7. The van der Waals surface area contributed by atoms with Gasteiger partial charge in [-0.1, -0.05) is 57.6 Å². The molecule has 0 rings (SSSR count). The van der Waals surface area contributed by atoms with Crippen LogP contribution in [0, 0.1) is 0 Å². The molecule has 1 heteroatoms. The van der Waals surface area contributed by atoms with Gasteiger partial charge in [-0.05, 0) is 26.2 Å². The van der Waals surface area contributed by atoms with Gasteiger partial charge in [-0.25, -0.2) is 0 Å². The molecular weight excluding hydrogens is 182 g/mol. The first-order valence-corrected chi connectivity index (χ1v) is 6.68. The van der Waals surface area contributed by atoms with Gasteiger partial charge >= 0.3 is 0 Å². The molecular formula is C14H29N. The van der Waals surface area contributed by atoms with Crippen LogP contribution < -0.4 is 5.73 Å². The Morgan fingerprint density at radius 1 is 0.933 bits per heavy atom. The van der Waals surface area contributed by atoms with Gasteiger partial charge in [0.25, 0.3) is 0 Å². The summed E-state index contributed by atoms with van der Waals surface area (Å²) < 4.78 is 0. The third-order valence-electron chi connectivity index (χ3n) is 2.65. The average Bonchev–Trinajstić information content (AvgIpc) is 2.20. The summed E-state index contributed by atoms with van der Waals surface area (Å²) in [6.07, 6.45) is 16.5. The van der Waals surface area contributed by atoms with Crippen molar-refractivity contribution in [2.24, 2.45) is 5.73 Å². The van der Waals surface area contributed by atoms with E-state index in [4.69, 9.17) is 5.73 Å². The summed E-state index contributed by atoms with van der Waals surface area (Å²) >= 11 is 0. The summed E-state index contributed by atoms with van der Waals surface area (Å²) in [5.41, 5.74) is 5.65.